The fourth-order valence-corrected chi connectivity index (χ4v) is 3.56. The lowest BCUT2D eigenvalue weighted by Gasteiger charge is -2.35. The first-order chi connectivity index (χ1) is 11.6. The Kier molecular flexibility index (Phi) is 7.22. The third-order valence-electron chi connectivity index (χ3n) is 4.64. The number of carbonyl (C=O) groups is 2. The van der Waals surface area contributed by atoms with Crippen LogP contribution in [-0.4, -0.2) is 48.4 Å². The molecule has 2 unspecified atom stereocenters. The van der Waals surface area contributed by atoms with E-state index in [0.29, 0.717) is 17.4 Å². The number of piperidine rings is 1. The Morgan fingerprint density at radius 3 is 2.76 bits per heavy atom. The van der Waals surface area contributed by atoms with Crippen molar-refractivity contribution < 1.29 is 14.0 Å². The first-order valence-corrected chi connectivity index (χ1v) is 9.12. The van der Waals surface area contributed by atoms with Gasteiger partial charge in [-0.15, -0.1) is 12.4 Å². The number of amides is 2. The van der Waals surface area contributed by atoms with Gasteiger partial charge in [-0.1, -0.05) is 0 Å². The summed E-state index contributed by atoms with van der Waals surface area (Å²) in [5.74, 6) is -0.865. The third kappa shape index (κ3) is 4.71. The number of likely N-dealkylation sites (tertiary alicyclic amines) is 1. The van der Waals surface area contributed by atoms with E-state index in [-0.39, 0.29) is 35.8 Å². The maximum Gasteiger partial charge on any atom is 0.254 e. The molecule has 2 fully saturated rings. The minimum atomic E-state index is -0.476. The molecule has 2 atom stereocenters. The van der Waals surface area contributed by atoms with Crippen LogP contribution >= 0.6 is 28.3 Å². The van der Waals surface area contributed by atoms with Gasteiger partial charge in [-0.05, 0) is 66.4 Å². The largest absolute Gasteiger partial charge is 0.350 e. The van der Waals surface area contributed by atoms with Crippen molar-refractivity contribution in [2.75, 3.05) is 19.6 Å². The maximum atomic E-state index is 13.7. The SMILES string of the molecule is Cl.O=C(NC1CCNC1)C1CCCCN1C(=O)c1ccc(Br)c(F)c1. The molecule has 138 valence electrons. The molecule has 8 heteroatoms. The van der Waals surface area contributed by atoms with Crippen LogP contribution in [-0.2, 0) is 4.79 Å². The molecule has 2 aliphatic heterocycles. The molecular weight excluding hydrogens is 413 g/mol. The van der Waals surface area contributed by atoms with Crippen LogP contribution in [0.25, 0.3) is 0 Å². The smallest absolute Gasteiger partial charge is 0.254 e. The Morgan fingerprint density at radius 1 is 1.28 bits per heavy atom. The number of carbonyl (C=O) groups excluding carboxylic acids is 2. The molecular formula is C17H22BrClFN3O2. The van der Waals surface area contributed by atoms with Gasteiger partial charge in [0.2, 0.25) is 5.91 Å². The fraction of sp³-hybridized carbons (Fsp3) is 0.529. The second-order valence-corrected chi connectivity index (χ2v) is 7.19. The van der Waals surface area contributed by atoms with Crippen molar-refractivity contribution >= 4 is 40.2 Å². The second kappa shape index (κ2) is 8.96. The third-order valence-corrected chi connectivity index (χ3v) is 5.28. The molecule has 2 N–H and O–H groups in total. The highest BCUT2D eigenvalue weighted by atomic mass is 79.9. The van der Waals surface area contributed by atoms with Gasteiger partial charge >= 0.3 is 0 Å². The number of benzene rings is 1. The molecule has 0 saturated carbocycles. The Hall–Kier alpha value is -1.18. The summed E-state index contributed by atoms with van der Waals surface area (Å²) in [7, 11) is 0. The highest BCUT2D eigenvalue weighted by molar-refractivity contribution is 9.10. The van der Waals surface area contributed by atoms with Gasteiger partial charge < -0.3 is 15.5 Å². The number of rotatable bonds is 3. The molecule has 2 saturated heterocycles. The quantitative estimate of drug-likeness (QED) is 0.768. The van der Waals surface area contributed by atoms with E-state index < -0.39 is 11.9 Å². The van der Waals surface area contributed by atoms with Crippen molar-refractivity contribution in [1.29, 1.82) is 0 Å². The molecule has 0 spiro atoms. The van der Waals surface area contributed by atoms with Crippen LogP contribution in [0.1, 0.15) is 36.0 Å². The summed E-state index contributed by atoms with van der Waals surface area (Å²) in [4.78, 5) is 27.0. The zero-order valence-corrected chi connectivity index (χ0v) is 16.2. The highest BCUT2D eigenvalue weighted by Gasteiger charge is 2.34. The van der Waals surface area contributed by atoms with Crippen LogP contribution in [0.5, 0.6) is 0 Å². The number of hydrogen-bond acceptors (Lipinski definition) is 3. The van der Waals surface area contributed by atoms with Crippen molar-refractivity contribution in [2.45, 2.75) is 37.8 Å². The van der Waals surface area contributed by atoms with E-state index in [4.69, 9.17) is 0 Å². The van der Waals surface area contributed by atoms with Crippen molar-refractivity contribution in [1.82, 2.24) is 15.5 Å². The van der Waals surface area contributed by atoms with Gasteiger partial charge in [0.15, 0.2) is 0 Å². The lowest BCUT2D eigenvalue weighted by Crippen LogP contribution is -2.54. The molecule has 2 aliphatic rings. The van der Waals surface area contributed by atoms with Gasteiger partial charge in [0.25, 0.3) is 5.91 Å². The first-order valence-electron chi connectivity index (χ1n) is 8.33. The molecule has 0 radical (unpaired) electrons. The number of halogens is 3. The van der Waals surface area contributed by atoms with Crippen LogP contribution in [0.15, 0.2) is 22.7 Å². The van der Waals surface area contributed by atoms with E-state index >= 15 is 0 Å². The van der Waals surface area contributed by atoms with E-state index in [2.05, 4.69) is 26.6 Å². The van der Waals surface area contributed by atoms with Gasteiger partial charge in [0.1, 0.15) is 11.9 Å². The summed E-state index contributed by atoms with van der Waals surface area (Å²) in [6.07, 6.45) is 3.33. The average molecular weight is 435 g/mol. The van der Waals surface area contributed by atoms with Crippen molar-refractivity contribution in [3.8, 4) is 0 Å². The zero-order chi connectivity index (χ0) is 17.1. The van der Waals surface area contributed by atoms with Gasteiger partial charge in [0, 0.05) is 24.7 Å². The van der Waals surface area contributed by atoms with Gasteiger partial charge in [-0.3, -0.25) is 9.59 Å². The Morgan fingerprint density at radius 2 is 2.08 bits per heavy atom. The standard InChI is InChI=1S/C17H21BrFN3O2.ClH/c18-13-5-4-11(9-14(13)19)17(24)22-8-2-1-3-15(22)16(23)21-12-6-7-20-10-12;/h4-5,9,12,15,20H,1-3,6-8,10H2,(H,21,23);1H. The Labute approximate surface area is 161 Å². The monoisotopic (exact) mass is 433 g/mol. The summed E-state index contributed by atoms with van der Waals surface area (Å²) in [5.41, 5.74) is 0.276. The summed E-state index contributed by atoms with van der Waals surface area (Å²) >= 11 is 3.09. The van der Waals surface area contributed by atoms with Crippen molar-refractivity contribution in [2.24, 2.45) is 0 Å². The van der Waals surface area contributed by atoms with E-state index in [9.17, 15) is 14.0 Å². The summed E-state index contributed by atoms with van der Waals surface area (Å²) in [6.45, 7) is 2.19. The number of nitrogens with zero attached hydrogens (tertiary/aromatic N) is 1. The second-order valence-electron chi connectivity index (χ2n) is 6.34. The van der Waals surface area contributed by atoms with Crippen LogP contribution in [0.3, 0.4) is 0 Å². The first kappa shape index (κ1) is 20.1. The Balaban J connectivity index is 0.00000225. The predicted molar refractivity (Wildman–Crippen MR) is 99.4 cm³/mol. The number of nitrogens with one attached hydrogen (secondary N) is 2. The molecule has 25 heavy (non-hydrogen) atoms. The molecule has 2 heterocycles. The maximum absolute atomic E-state index is 13.7. The normalized spacial score (nSPS) is 23.0. The molecule has 2 amide bonds. The molecule has 0 aromatic heterocycles. The minimum Gasteiger partial charge on any atom is -0.350 e. The lowest BCUT2D eigenvalue weighted by atomic mass is 9.99. The molecule has 0 bridgehead atoms. The van der Waals surface area contributed by atoms with E-state index in [1.807, 2.05) is 0 Å². The predicted octanol–water partition coefficient (Wildman–Crippen LogP) is 2.48. The van der Waals surface area contributed by atoms with Crippen LogP contribution < -0.4 is 10.6 Å². The summed E-state index contributed by atoms with van der Waals surface area (Å²) in [5, 5.41) is 6.24. The zero-order valence-electron chi connectivity index (χ0n) is 13.8. The molecule has 3 rings (SSSR count). The van der Waals surface area contributed by atoms with E-state index in [1.165, 1.54) is 12.1 Å². The highest BCUT2D eigenvalue weighted by Crippen LogP contribution is 2.22. The van der Waals surface area contributed by atoms with Crippen molar-refractivity contribution in [3.63, 3.8) is 0 Å². The topological polar surface area (TPSA) is 61.4 Å². The van der Waals surface area contributed by atoms with E-state index in [0.717, 1.165) is 32.4 Å². The van der Waals surface area contributed by atoms with Crippen molar-refractivity contribution in [3.05, 3.63) is 34.1 Å². The van der Waals surface area contributed by atoms with E-state index in [1.54, 1.807) is 11.0 Å². The van der Waals surface area contributed by atoms with Gasteiger partial charge in [0.05, 0.1) is 4.47 Å². The average Bonchev–Trinajstić information content (AvgIpc) is 3.09. The fourth-order valence-electron chi connectivity index (χ4n) is 3.32. The molecule has 1 aromatic carbocycles. The van der Waals surface area contributed by atoms with Gasteiger partial charge in [-0.25, -0.2) is 4.39 Å². The molecule has 5 nitrogen and oxygen atoms in total. The molecule has 1 aromatic rings. The minimum absolute atomic E-state index is 0. The van der Waals surface area contributed by atoms with Crippen LogP contribution in [0.4, 0.5) is 4.39 Å². The van der Waals surface area contributed by atoms with Crippen LogP contribution in [0.2, 0.25) is 0 Å². The molecule has 0 aliphatic carbocycles. The summed E-state index contributed by atoms with van der Waals surface area (Å²) < 4.78 is 14.0. The lowest BCUT2D eigenvalue weighted by molar-refractivity contribution is -0.127. The summed E-state index contributed by atoms with van der Waals surface area (Å²) in [6, 6.07) is 3.97. The number of hydrogen-bond donors (Lipinski definition) is 2. The Bertz CT molecular complexity index is 640. The van der Waals surface area contributed by atoms with Gasteiger partial charge in [-0.2, -0.15) is 0 Å². The van der Waals surface area contributed by atoms with Crippen LogP contribution in [0, 0.1) is 5.82 Å².